The van der Waals surface area contributed by atoms with E-state index in [0.29, 0.717) is 0 Å². The van der Waals surface area contributed by atoms with E-state index in [1.165, 1.54) is 18.4 Å². The van der Waals surface area contributed by atoms with Crippen molar-refractivity contribution in [2.45, 2.75) is 39.0 Å². The van der Waals surface area contributed by atoms with Gasteiger partial charge in [0.2, 0.25) is 0 Å². The standard InChI is InChI=1S/C13H17NS/c1-2-11-3-5-13(7-11,10-14)8-12-4-6-15-9-12/h4,6,9,11H,2-3,5,7-8H2,1H3. The van der Waals surface area contributed by atoms with Crippen molar-refractivity contribution in [3.8, 4) is 6.07 Å². The van der Waals surface area contributed by atoms with Crippen LogP contribution in [0, 0.1) is 22.7 Å². The molecule has 0 amide bonds. The van der Waals surface area contributed by atoms with E-state index in [1.54, 1.807) is 11.3 Å². The first kappa shape index (κ1) is 10.7. The Morgan fingerprint density at radius 3 is 3.07 bits per heavy atom. The monoisotopic (exact) mass is 219 g/mol. The van der Waals surface area contributed by atoms with E-state index in [0.717, 1.165) is 25.2 Å². The van der Waals surface area contributed by atoms with Crippen LogP contribution in [0.1, 0.15) is 38.2 Å². The van der Waals surface area contributed by atoms with Gasteiger partial charge in [-0.05, 0) is 54.0 Å². The van der Waals surface area contributed by atoms with Crippen LogP contribution < -0.4 is 0 Å². The summed E-state index contributed by atoms with van der Waals surface area (Å²) < 4.78 is 0. The molecule has 15 heavy (non-hydrogen) atoms. The smallest absolute Gasteiger partial charge is 0.0693 e. The number of hydrogen-bond acceptors (Lipinski definition) is 2. The molecule has 1 saturated carbocycles. The highest BCUT2D eigenvalue weighted by atomic mass is 32.1. The Labute approximate surface area is 95.7 Å². The van der Waals surface area contributed by atoms with Gasteiger partial charge in [-0.25, -0.2) is 0 Å². The molecule has 0 radical (unpaired) electrons. The van der Waals surface area contributed by atoms with E-state index in [1.807, 2.05) is 0 Å². The van der Waals surface area contributed by atoms with Gasteiger partial charge < -0.3 is 0 Å². The number of hydrogen-bond donors (Lipinski definition) is 0. The summed E-state index contributed by atoms with van der Waals surface area (Å²) in [5.41, 5.74) is 1.29. The largest absolute Gasteiger partial charge is 0.198 e. The molecule has 1 aromatic heterocycles. The number of thiophene rings is 1. The van der Waals surface area contributed by atoms with Crippen molar-refractivity contribution in [3.05, 3.63) is 22.4 Å². The molecule has 1 nitrogen and oxygen atoms in total. The molecule has 80 valence electrons. The summed E-state index contributed by atoms with van der Waals surface area (Å²) >= 11 is 1.73. The maximum Gasteiger partial charge on any atom is 0.0693 e. The maximum atomic E-state index is 9.38. The molecule has 1 fully saturated rings. The van der Waals surface area contributed by atoms with Gasteiger partial charge in [0.05, 0.1) is 11.5 Å². The quantitative estimate of drug-likeness (QED) is 0.753. The molecule has 1 aliphatic carbocycles. The molecule has 2 unspecified atom stereocenters. The number of nitriles is 1. The van der Waals surface area contributed by atoms with Crippen molar-refractivity contribution >= 4 is 11.3 Å². The van der Waals surface area contributed by atoms with Crippen LogP contribution in [0.2, 0.25) is 0 Å². The molecule has 0 N–H and O–H groups in total. The third-order valence-electron chi connectivity index (χ3n) is 3.65. The summed E-state index contributed by atoms with van der Waals surface area (Å²) in [7, 11) is 0. The predicted octanol–water partition coefficient (Wildman–Crippen LogP) is 4.01. The first-order valence-electron chi connectivity index (χ1n) is 5.70. The predicted molar refractivity (Wildman–Crippen MR) is 63.7 cm³/mol. The molecule has 1 heterocycles. The topological polar surface area (TPSA) is 23.8 Å². The van der Waals surface area contributed by atoms with E-state index in [4.69, 9.17) is 0 Å². The Balaban J connectivity index is 2.08. The van der Waals surface area contributed by atoms with Gasteiger partial charge in [0.15, 0.2) is 0 Å². The Kier molecular flexibility index (Phi) is 3.11. The van der Waals surface area contributed by atoms with E-state index < -0.39 is 0 Å². The second-order valence-corrected chi connectivity index (χ2v) is 5.50. The summed E-state index contributed by atoms with van der Waals surface area (Å²) in [4.78, 5) is 0. The van der Waals surface area contributed by atoms with Gasteiger partial charge in [0.1, 0.15) is 0 Å². The average molecular weight is 219 g/mol. The van der Waals surface area contributed by atoms with Gasteiger partial charge in [-0.2, -0.15) is 16.6 Å². The molecule has 2 rings (SSSR count). The maximum absolute atomic E-state index is 9.38. The van der Waals surface area contributed by atoms with Gasteiger partial charge in [-0.3, -0.25) is 0 Å². The van der Waals surface area contributed by atoms with E-state index in [-0.39, 0.29) is 5.41 Å². The lowest BCUT2D eigenvalue weighted by Crippen LogP contribution is -2.17. The normalized spacial score (nSPS) is 30.3. The summed E-state index contributed by atoms with van der Waals surface area (Å²) in [6.45, 7) is 2.24. The molecule has 0 aliphatic heterocycles. The van der Waals surface area contributed by atoms with Gasteiger partial charge in [-0.15, -0.1) is 0 Å². The minimum atomic E-state index is -0.0538. The van der Waals surface area contributed by atoms with Crippen LogP contribution in [-0.2, 0) is 6.42 Å². The highest BCUT2D eigenvalue weighted by molar-refractivity contribution is 7.07. The van der Waals surface area contributed by atoms with Gasteiger partial charge in [-0.1, -0.05) is 13.3 Å². The second-order valence-electron chi connectivity index (χ2n) is 4.72. The van der Waals surface area contributed by atoms with Crippen LogP contribution in [0.5, 0.6) is 0 Å². The third kappa shape index (κ3) is 2.23. The highest BCUT2D eigenvalue weighted by Gasteiger charge is 2.38. The van der Waals surface area contributed by atoms with E-state index >= 15 is 0 Å². The molecule has 0 bridgehead atoms. The fourth-order valence-electron chi connectivity index (χ4n) is 2.67. The molecule has 1 aliphatic rings. The zero-order chi connectivity index (χ0) is 10.7. The Hall–Kier alpha value is -0.810. The van der Waals surface area contributed by atoms with Crippen LogP contribution >= 0.6 is 11.3 Å². The SMILES string of the molecule is CCC1CCC(C#N)(Cc2ccsc2)C1. The first-order chi connectivity index (χ1) is 7.28. The van der Waals surface area contributed by atoms with Crippen molar-refractivity contribution in [1.29, 1.82) is 5.26 Å². The van der Waals surface area contributed by atoms with Crippen LogP contribution in [-0.4, -0.2) is 0 Å². The molecular formula is C13H17NS. The molecule has 0 spiro atoms. The molecule has 1 aromatic rings. The molecule has 0 aromatic carbocycles. The minimum absolute atomic E-state index is 0.0538. The molecule has 2 heteroatoms. The van der Waals surface area contributed by atoms with Gasteiger partial charge in [0.25, 0.3) is 0 Å². The summed E-state index contributed by atoms with van der Waals surface area (Å²) in [6.07, 6.45) is 5.64. The Bertz CT molecular complexity index is 349. The summed E-state index contributed by atoms with van der Waals surface area (Å²) in [6, 6.07) is 4.74. The first-order valence-corrected chi connectivity index (χ1v) is 6.64. The van der Waals surface area contributed by atoms with Crippen LogP contribution in [0.15, 0.2) is 16.8 Å². The lowest BCUT2D eigenvalue weighted by Gasteiger charge is -2.20. The summed E-state index contributed by atoms with van der Waals surface area (Å²) in [5.74, 6) is 0.781. The summed E-state index contributed by atoms with van der Waals surface area (Å²) in [5, 5.41) is 13.7. The molecule has 2 atom stereocenters. The van der Waals surface area contributed by atoms with Gasteiger partial charge >= 0.3 is 0 Å². The minimum Gasteiger partial charge on any atom is -0.198 e. The Morgan fingerprint density at radius 2 is 2.53 bits per heavy atom. The van der Waals surface area contributed by atoms with E-state index in [2.05, 4.69) is 29.8 Å². The van der Waals surface area contributed by atoms with Crippen molar-refractivity contribution < 1.29 is 0 Å². The number of nitrogens with zero attached hydrogens (tertiary/aromatic N) is 1. The second kappa shape index (κ2) is 4.37. The molecule has 0 saturated heterocycles. The van der Waals surface area contributed by atoms with Crippen LogP contribution in [0.3, 0.4) is 0 Å². The lowest BCUT2D eigenvalue weighted by atomic mass is 9.81. The molecular weight excluding hydrogens is 202 g/mol. The fourth-order valence-corrected chi connectivity index (χ4v) is 3.34. The van der Waals surface area contributed by atoms with Crippen molar-refractivity contribution in [2.24, 2.45) is 11.3 Å². The zero-order valence-corrected chi connectivity index (χ0v) is 10.0. The third-order valence-corrected chi connectivity index (χ3v) is 4.38. The van der Waals surface area contributed by atoms with Crippen molar-refractivity contribution in [2.75, 3.05) is 0 Å². The number of rotatable bonds is 3. The van der Waals surface area contributed by atoms with Crippen molar-refractivity contribution in [1.82, 2.24) is 0 Å². The highest BCUT2D eigenvalue weighted by Crippen LogP contribution is 2.45. The fraction of sp³-hybridized carbons (Fsp3) is 0.615. The zero-order valence-electron chi connectivity index (χ0n) is 9.20. The van der Waals surface area contributed by atoms with Gasteiger partial charge in [0, 0.05) is 0 Å². The van der Waals surface area contributed by atoms with E-state index in [9.17, 15) is 5.26 Å². The van der Waals surface area contributed by atoms with Crippen LogP contribution in [0.25, 0.3) is 0 Å². The van der Waals surface area contributed by atoms with Crippen molar-refractivity contribution in [3.63, 3.8) is 0 Å². The van der Waals surface area contributed by atoms with Crippen LogP contribution in [0.4, 0.5) is 0 Å². The average Bonchev–Trinajstić information content (AvgIpc) is 2.88. The Morgan fingerprint density at radius 1 is 1.67 bits per heavy atom. The lowest BCUT2D eigenvalue weighted by molar-refractivity contribution is 0.381.